The lowest BCUT2D eigenvalue weighted by atomic mass is 9.56. The van der Waals surface area contributed by atoms with E-state index >= 15 is 0 Å². The molecule has 1 aliphatic heterocycles. The van der Waals surface area contributed by atoms with Crippen LogP contribution in [-0.2, 0) is 9.84 Å². The van der Waals surface area contributed by atoms with E-state index in [1.165, 1.54) is 0 Å². The van der Waals surface area contributed by atoms with Gasteiger partial charge in [0.05, 0.1) is 5.75 Å². The molecule has 16 heavy (non-hydrogen) atoms. The van der Waals surface area contributed by atoms with Crippen molar-refractivity contribution in [1.29, 1.82) is 0 Å². The van der Waals surface area contributed by atoms with E-state index < -0.39 is 14.5 Å². The van der Waals surface area contributed by atoms with Crippen molar-refractivity contribution in [2.24, 2.45) is 10.8 Å². The Kier molecular flexibility index (Phi) is 2.13. The van der Waals surface area contributed by atoms with Gasteiger partial charge in [0.1, 0.15) is 4.71 Å². The van der Waals surface area contributed by atoms with Gasteiger partial charge in [0.25, 0.3) is 0 Å². The zero-order valence-electron chi connectivity index (χ0n) is 9.02. The molecule has 2 aliphatic carbocycles. The summed E-state index contributed by atoms with van der Waals surface area (Å²) in [6.45, 7) is 0. The van der Waals surface area contributed by atoms with Crippen LogP contribution < -0.4 is 0 Å². The molecular weight excluding hydrogens is 244 g/mol. The van der Waals surface area contributed by atoms with Crippen molar-refractivity contribution in [3.05, 3.63) is 24.3 Å². The Morgan fingerprint density at radius 3 is 2.56 bits per heavy atom. The molecule has 1 saturated carbocycles. The van der Waals surface area contributed by atoms with Gasteiger partial charge >= 0.3 is 0 Å². The second kappa shape index (κ2) is 3.14. The van der Waals surface area contributed by atoms with Gasteiger partial charge < -0.3 is 0 Å². The topological polar surface area (TPSA) is 34.1 Å². The van der Waals surface area contributed by atoms with Crippen molar-refractivity contribution in [3.63, 3.8) is 0 Å². The van der Waals surface area contributed by atoms with E-state index in [4.69, 9.17) is 11.6 Å². The maximum absolute atomic E-state index is 12.1. The minimum absolute atomic E-state index is 0.217. The first kappa shape index (κ1) is 10.8. The first-order chi connectivity index (χ1) is 7.53. The van der Waals surface area contributed by atoms with Gasteiger partial charge in [0.15, 0.2) is 9.84 Å². The smallest absolute Gasteiger partial charge is 0.168 e. The summed E-state index contributed by atoms with van der Waals surface area (Å²) in [5.74, 6) is 0.231. The monoisotopic (exact) mass is 258 g/mol. The Balaban J connectivity index is 2.23. The number of alkyl halides is 1. The molecule has 2 fully saturated rings. The van der Waals surface area contributed by atoms with E-state index in [0.717, 1.165) is 25.7 Å². The number of rotatable bonds is 0. The zero-order chi connectivity index (χ0) is 11.4. The van der Waals surface area contributed by atoms with Gasteiger partial charge in [0.2, 0.25) is 0 Å². The standard InChI is InChI=1S/C12H15ClO2S/c13-10-12-7-3-1-5-11(12,6-2-4-8-12)9-16(10,14)15/h1,3,5,7,10H,2,4,6,8-9H2/t10-,11-,12-/m1/s1. The van der Waals surface area contributed by atoms with E-state index in [1.807, 2.05) is 18.2 Å². The third-order valence-corrected chi connectivity index (χ3v) is 7.66. The van der Waals surface area contributed by atoms with Crippen LogP contribution in [0.15, 0.2) is 24.3 Å². The number of hydrogen-bond acceptors (Lipinski definition) is 2. The van der Waals surface area contributed by atoms with E-state index in [-0.39, 0.29) is 16.6 Å². The molecule has 4 heteroatoms. The van der Waals surface area contributed by atoms with E-state index in [9.17, 15) is 8.42 Å². The highest BCUT2D eigenvalue weighted by molar-refractivity contribution is 7.93. The summed E-state index contributed by atoms with van der Waals surface area (Å²) in [4.78, 5) is 0. The van der Waals surface area contributed by atoms with Crippen LogP contribution in [0, 0.1) is 10.8 Å². The van der Waals surface area contributed by atoms with Crippen LogP contribution in [0.1, 0.15) is 25.7 Å². The second-order valence-electron chi connectivity index (χ2n) is 5.25. The molecule has 0 spiro atoms. The molecule has 0 radical (unpaired) electrons. The second-order valence-corrected chi connectivity index (χ2v) is 8.03. The molecule has 3 aliphatic rings. The summed E-state index contributed by atoms with van der Waals surface area (Å²) in [5.41, 5.74) is -0.550. The predicted octanol–water partition coefficient (Wildman–Crippen LogP) is 2.65. The van der Waals surface area contributed by atoms with Gasteiger partial charge in [-0.3, -0.25) is 0 Å². The average molecular weight is 259 g/mol. The highest BCUT2D eigenvalue weighted by atomic mass is 35.5. The largest absolute Gasteiger partial charge is 0.227 e. The van der Waals surface area contributed by atoms with Gasteiger partial charge in [-0.1, -0.05) is 37.1 Å². The quantitative estimate of drug-likeness (QED) is 0.626. The van der Waals surface area contributed by atoms with Crippen molar-refractivity contribution >= 4 is 21.4 Å². The first-order valence-electron chi connectivity index (χ1n) is 5.75. The summed E-state index contributed by atoms with van der Waals surface area (Å²) in [6, 6.07) is 0. The van der Waals surface area contributed by atoms with Crippen LogP contribution >= 0.6 is 11.6 Å². The van der Waals surface area contributed by atoms with Gasteiger partial charge in [0, 0.05) is 10.8 Å². The maximum atomic E-state index is 12.1. The zero-order valence-corrected chi connectivity index (χ0v) is 10.6. The molecule has 3 rings (SSSR count). The number of sulfone groups is 1. The van der Waals surface area contributed by atoms with E-state index in [1.54, 1.807) is 0 Å². The third-order valence-electron chi connectivity index (χ3n) is 4.49. The third kappa shape index (κ3) is 1.11. The highest BCUT2D eigenvalue weighted by Gasteiger charge is 2.65. The lowest BCUT2D eigenvalue weighted by Gasteiger charge is -2.47. The molecular formula is C12H15ClO2S. The van der Waals surface area contributed by atoms with Gasteiger partial charge in [-0.2, -0.15) is 0 Å². The Hall–Kier alpha value is -0.280. The van der Waals surface area contributed by atoms with Crippen LogP contribution in [0.25, 0.3) is 0 Å². The molecule has 1 heterocycles. The SMILES string of the molecule is O=S1(=O)C[C@]23C=CC=C[C@@]2(CCCC3)[C@@H]1Cl. The molecule has 0 aromatic rings. The summed E-state index contributed by atoms with van der Waals surface area (Å²) >= 11 is 6.26. The number of halogens is 1. The van der Waals surface area contributed by atoms with Crippen molar-refractivity contribution in [3.8, 4) is 0 Å². The molecule has 0 aromatic heterocycles. The van der Waals surface area contributed by atoms with Crippen molar-refractivity contribution in [1.82, 2.24) is 0 Å². The van der Waals surface area contributed by atoms with Crippen molar-refractivity contribution < 1.29 is 8.42 Å². The molecule has 88 valence electrons. The maximum Gasteiger partial charge on any atom is 0.168 e. The summed E-state index contributed by atoms with van der Waals surface area (Å²) < 4.78 is 23.4. The fourth-order valence-electron chi connectivity index (χ4n) is 3.72. The van der Waals surface area contributed by atoms with Gasteiger partial charge in [-0.05, 0) is 12.8 Å². The first-order valence-corrected chi connectivity index (χ1v) is 7.90. The molecule has 2 nitrogen and oxygen atoms in total. The van der Waals surface area contributed by atoms with Crippen LogP contribution in [-0.4, -0.2) is 18.9 Å². The predicted molar refractivity (Wildman–Crippen MR) is 65.0 cm³/mol. The highest BCUT2D eigenvalue weighted by Crippen LogP contribution is 2.63. The molecule has 0 aromatic carbocycles. The lowest BCUT2D eigenvalue weighted by molar-refractivity contribution is 0.122. The summed E-state index contributed by atoms with van der Waals surface area (Å²) in [6.07, 6.45) is 12.1. The molecule has 3 atom stereocenters. The molecule has 0 bridgehead atoms. The van der Waals surface area contributed by atoms with Crippen molar-refractivity contribution in [2.75, 3.05) is 5.75 Å². The van der Waals surface area contributed by atoms with Crippen molar-refractivity contribution in [2.45, 2.75) is 30.4 Å². The Labute approximate surface area is 101 Å². The van der Waals surface area contributed by atoms with E-state index in [2.05, 4.69) is 6.08 Å². The lowest BCUT2D eigenvalue weighted by Crippen LogP contribution is -2.44. The fourth-order valence-corrected chi connectivity index (χ4v) is 6.75. The van der Waals surface area contributed by atoms with Crippen LogP contribution in [0.2, 0.25) is 0 Å². The molecule has 0 amide bonds. The van der Waals surface area contributed by atoms with Gasteiger partial charge in [-0.25, -0.2) is 8.42 Å². The average Bonchev–Trinajstić information content (AvgIpc) is 2.45. The molecule has 0 unspecified atom stereocenters. The van der Waals surface area contributed by atoms with Crippen LogP contribution in [0.4, 0.5) is 0 Å². The Morgan fingerprint density at radius 2 is 1.81 bits per heavy atom. The molecule has 1 saturated heterocycles. The summed E-state index contributed by atoms with van der Waals surface area (Å²) in [5, 5.41) is 0. The number of hydrogen-bond donors (Lipinski definition) is 0. The Morgan fingerprint density at radius 1 is 1.12 bits per heavy atom. The summed E-state index contributed by atoms with van der Waals surface area (Å²) in [7, 11) is -3.15. The fraction of sp³-hybridized carbons (Fsp3) is 0.667. The minimum Gasteiger partial charge on any atom is -0.227 e. The molecule has 0 N–H and O–H groups in total. The van der Waals surface area contributed by atoms with Crippen LogP contribution in [0.5, 0.6) is 0 Å². The Bertz CT molecular complexity index is 479. The minimum atomic E-state index is -3.15. The number of allylic oxidation sites excluding steroid dienone is 4. The van der Waals surface area contributed by atoms with Crippen LogP contribution in [0.3, 0.4) is 0 Å². The van der Waals surface area contributed by atoms with Gasteiger partial charge in [-0.15, -0.1) is 11.6 Å². The van der Waals surface area contributed by atoms with E-state index in [0.29, 0.717) is 0 Å². The normalized spacial score (nSPS) is 48.7.